The van der Waals surface area contributed by atoms with Crippen molar-refractivity contribution in [2.24, 2.45) is 0 Å². The second-order valence-corrected chi connectivity index (χ2v) is 4.58. The minimum absolute atomic E-state index is 0.104. The van der Waals surface area contributed by atoms with Crippen molar-refractivity contribution in [1.82, 2.24) is 10.6 Å². The highest BCUT2D eigenvalue weighted by Gasteiger charge is 2.12. The Balaban J connectivity index is 2.58. The van der Waals surface area contributed by atoms with E-state index in [1.807, 2.05) is 45.0 Å². The molecule has 94 valence electrons. The van der Waals surface area contributed by atoms with Crippen molar-refractivity contribution in [2.75, 3.05) is 0 Å². The third kappa shape index (κ3) is 4.27. The van der Waals surface area contributed by atoms with Crippen LogP contribution in [0.25, 0.3) is 0 Å². The van der Waals surface area contributed by atoms with Crippen molar-refractivity contribution in [3.05, 3.63) is 34.9 Å². The summed E-state index contributed by atoms with van der Waals surface area (Å²) in [6.45, 7) is 5.92. The van der Waals surface area contributed by atoms with Crippen molar-refractivity contribution in [1.29, 1.82) is 0 Å². The molecule has 0 spiro atoms. The Morgan fingerprint density at radius 1 is 1.29 bits per heavy atom. The van der Waals surface area contributed by atoms with Crippen LogP contribution < -0.4 is 10.6 Å². The Morgan fingerprint density at radius 2 is 1.94 bits per heavy atom. The van der Waals surface area contributed by atoms with E-state index in [-0.39, 0.29) is 18.1 Å². The van der Waals surface area contributed by atoms with Crippen molar-refractivity contribution in [2.45, 2.75) is 39.3 Å². The topological polar surface area (TPSA) is 41.1 Å². The first-order valence-corrected chi connectivity index (χ1v) is 6.23. The molecule has 0 heterocycles. The molecule has 0 unspecified atom stereocenters. The molecule has 2 atom stereocenters. The number of carbonyl (C=O) groups is 1. The Labute approximate surface area is 108 Å². The van der Waals surface area contributed by atoms with E-state index in [1.165, 1.54) is 0 Å². The van der Waals surface area contributed by atoms with Crippen molar-refractivity contribution in [3.63, 3.8) is 0 Å². The standard InChI is InChI=1S/C13H19ClN2O/c1-4-9(2)15-13(17)16-10(3)11-7-5-6-8-12(11)14/h5-10H,4H2,1-3H3,(H2,15,16,17)/t9-,10-/m1/s1. The average molecular weight is 255 g/mol. The van der Waals surface area contributed by atoms with E-state index in [4.69, 9.17) is 11.6 Å². The molecule has 0 aliphatic carbocycles. The Hall–Kier alpha value is -1.22. The number of benzene rings is 1. The maximum Gasteiger partial charge on any atom is 0.315 e. The highest BCUT2D eigenvalue weighted by Crippen LogP contribution is 2.21. The van der Waals surface area contributed by atoms with Gasteiger partial charge in [0, 0.05) is 11.1 Å². The highest BCUT2D eigenvalue weighted by molar-refractivity contribution is 6.31. The smallest absolute Gasteiger partial charge is 0.315 e. The summed E-state index contributed by atoms with van der Waals surface area (Å²) < 4.78 is 0. The zero-order chi connectivity index (χ0) is 12.8. The lowest BCUT2D eigenvalue weighted by molar-refractivity contribution is 0.234. The van der Waals surface area contributed by atoms with Crippen LogP contribution in [0.15, 0.2) is 24.3 Å². The summed E-state index contributed by atoms with van der Waals surface area (Å²) in [5.74, 6) is 0. The van der Waals surface area contributed by atoms with Gasteiger partial charge in [-0.05, 0) is 31.9 Å². The zero-order valence-corrected chi connectivity index (χ0v) is 11.2. The van der Waals surface area contributed by atoms with Gasteiger partial charge in [-0.1, -0.05) is 36.7 Å². The number of halogens is 1. The van der Waals surface area contributed by atoms with E-state index in [2.05, 4.69) is 10.6 Å². The molecule has 0 aromatic heterocycles. The molecule has 1 rings (SSSR count). The fraction of sp³-hybridized carbons (Fsp3) is 0.462. The van der Waals surface area contributed by atoms with Gasteiger partial charge in [-0.3, -0.25) is 0 Å². The monoisotopic (exact) mass is 254 g/mol. The van der Waals surface area contributed by atoms with Crippen LogP contribution in [0.2, 0.25) is 5.02 Å². The van der Waals surface area contributed by atoms with Crippen LogP contribution in [-0.2, 0) is 0 Å². The average Bonchev–Trinajstić information content (AvgIpc) is 2.29. The number of carbonyl (C=O) groups excluding carboxylic acids is 1. The van der Waals surface area contributed by atoms with E-state index in [9.17, 15) is 4.79 Å². The van der Waals surface area contributed by atoms with Gasteiger partial charge >= 0.3 is 6.03 Å². The van der Waals surface area contributed by atoms with Crippen LogP contribution in [0, 0.1) is 0 Å². The maximum absolute atomic E-state index is 11.6. The number of nitrogens with one attached hydrogen (secondary N) is 2. The maximum atomic E-state index is 11.6. The molecular weight excluding hydrogens is 236 g/mol. The normalized spacial score (nSPS) is 13.9. The van der Waals surface area contributed by atoms with Crippen LogP contribution in [0.1, 0.15) is 38.8 Å². The van der Waals surface area contributed by atoms with E-state index in [0.717, 1.165) is 12.0 Å². The van der Waals surface area contributed by atoms with Gasteiger partial charge in [-0.15, -0.1) is 0 Å². The van der Waals surface area contributed by atoms with Gasteiger partial charge in [0.1, 0.15) is 0 Å². The predicted octanol–water partition coefficient (Wildman–Crippen LogP) is 3.50. The van der Waals surface area contributed by atoms with E-state index < -0.39 is 0 Å². The van der Waals surface area contributed by atoms with E-state index in [0.29, 0.717) is 5.02 Å². The Kier molecular flexibility index (Phi) is 5.29. The van der Waals surface area contributed by atoms with Gasteiger partial charge in [0.2, 0.25) is 0 Å². The molecule has 17 heavy (non-hydrogen) atoms. The minimum Gasteiger partial charge on any atom is -0.336 e. The number of hydrogen-bond acceptors (Lipinski definition) is 1. The highest BCUT2D eigenvalue weighted by atomic mass is 35.5. The van der Waals surface area contributed by atoms with Gasteiger partial charge in [0.25, 0.3) is 0 Å². The van der Waals surface area contributed by atoms with Gasteiger partial charge in [-0.2, -0.15) is 0 Å². The van der Waals surface area contributed by atoms with Crippen molar-refractivity contribution >= 4 is 17.6 Å². The summed E-state index contributed by atoms with van der Waals surface area (Å²) >= 11 is 6.06. The number of amides is 2. The summed E-state index contributed by atoms with van der Waals surface area (Å²) in [7, 11) is 0. The van der Waals surface area contributed by atoms with Crippen LogP contribution in [0.5, 0.6) is 0 Å². The SMILES string of the molecule is CC[C@@H](C)NC(=O)N[C@H](C)c1ccccc1Cl. The number of rotatable bonds is 4. The third-order valence-corrected chi connectivity index (χ3v) is 3.05. The third-order valence-electron chi connectivity index (χ3n) is 2.71. The molecule has 0 saturated carbocycles. The van der Waals surface area contributed by atoms with Crippen LogP contribution in [0.3, 0.4) is 0 Å². The quantitative estimate of drug-likeness (QED) is 0.848. The first-order valence-electron chi connectivity index (χ1n) is 5.86. The first kappa shape index (κ1) is 13.8. The van der Waals surface area contributed by atoms with Crippen molar-refractivity contribution in [3.8, 4) is 0 Å². The first-order chi connectivity index (χ1) is 8.04. The van der Waals surface area contributed by atoms with Crippen LogP contribution >= 0.6 is 11.6 Å². The molecule has 0 aliphatic rings. The lowest BCUT2D eigenvalue weighted by atomic mass is 10.1. The minimum atomic E-state index is -0.160. The Morgan fingerprint density at radius 3 is 2.53 bits per heavy atom. The molecule has 0 fully saturated rings. The van der Waals surface area contributed by atoms with E-state index in [1.54, 1.807) is 0 Å². The number of urea groups is 1. The van der Waals surface area contributed by atoms with Crippen LogP contribution in [0.4, 0.5) is 4.79 Å². The molecule has 0 aliphatic heterocycles. The summed E-state index contributed by atoms with van der Waals surface area (Å²) in [5, 5.41) is 6.39. The number of hydrogen-bond donors (Lipinski definition) is 2. The molecule has 0 saturated heterocycles. The van der Waals surface area contributed by atoms with Crippen molar-refractivity contribution < 1.29 is 4.79 Å². The summed E-state index contributed by atoms with van der Waals surface area (Å²) in [4.78, 5) is 11.6. The zero-order valence-electron chi connectivity index (χ0n) is 10.5. The van der Waals surface area contributed by atoms with Gasteiger partial charge in [0.15, 0.2) is 0 Å². The molecule has 2 amide bonds. The van der Waals surface area contributed by atoms with Gasteiger partial charge in [-0.25, -0.2) is 4.79 Å². The molecule has 3 nitrogen and oxygen atoms in total. The second kappa shape index (κ2) is 6.50. The molecule has 1 aromatic rings. The van der Waals surface area contributed by atoms with Gasteiger partial charge in [0.05, 0.1) is 6.04 Å². The largest absolute Gasteiger partial charge is 0.336 e. The fourth-order valence-electron chi connectivity index (χ4n) is 1.47. The summed E-state index contributed by atoms with van der Waals surface area (Å²) in [5.41, 5.74) is 0.925. The van der Waals surface area contributed by atoms with Crippen LogP contribution in [-0.4, -0.2) is 12.1 Å². The summed E-state index contributed by atoms with van der Waals surface area (Å²) in [6, 6.07) is 7.43. The second-order valence-electron chi connectivity index (χ2n) is 4.17. The lowest BCUT2D eigenvalue weighted by Crippen LogP contribution is -2.41. The predicted molar refractivity (Wildman–Crippen MR) is 71.3 cm³/mol. The molecule has 2 N–H and O–H groups in total. The van der Waals surface area contributed by atoms with Gasteiger partial charge < -0.3 is 10.6 Å². The van der Waals surface area contributed by atoms with E-state index >= 15 is 0 Å². The molecule has 4 heteroatoms. The molecule has 1 aromatic carbocycles. The summed E-state index contributed by atoms with van der Waals surface area (Å²) in [6.07, 6.45) is 0.911. The molecular formula is C13H19ClN2O. The Bertz CT molecular complexity index is 381. The molecule has 0 bridgehead atoms. The fourth-order valence-corrected chi connectivity index (χ4v) is 1.77. The lowest BCUT2D eigenvalue weighted by Gasteiger charge is -2.18. The molecule has 0 radical (unpaired) electrons.